The summed E-state index contributed by atoms with van der Waals surface area (Å²) in [4.78, 5) is 8.92. The van der Waals surface area contributed by atoms with Crippen LogP contribution in [0, 0.1) is 0 Å². The average Bonchev–Trinajstić information content (AvgIpc) is 2.91. The summed E-state index contributed by atoms with van der Waals surface area (Å²) in [6.45, 7) is 0. The van der Waals surface area contributed by atoms with Crippen molar-refractivity contribution in [3.8, 4) is 0 Å². The molecule has 0 saturated heterocycles. The first-order valence-electron chi connectivity index (χ1n) is 5.34. The minimum atomic E-state index is -0.196. The minimum Gasteiger partial charge on any atom is -0.319 e. The number of para-hydroxylation sites is 2. The first kappa shape index (κ1) is 10.4. The minimum absolute atomic E-state index is 0.196. The monoisotopic (exact) mass is 241 g/mol. The lowest BCUT2D eigenvalue weighted by Gasteiger charge is -2.09. The molecule has 3 aromatic rings. The Morgan fingerprint density at radius 1 is 1.12 bits per heavy atom. The van der Waals surface area contributed by atoms with Gasteiger partial charge in [-0.25, -0.2) is 4.98 Å². The van der Waals surface area contributed by atoms with Crippen LogP contribution in [-0.4, -0.2) is 9.97 Å². The Bertz CT molecular complexity index is 634. The number of hydrogen-bond donors (Lipinski definition) is 1. The third-order valence-corrected chi connectivity index (χ3v) is 3.39. The first-order chi connectivity index (χ1) is 8.34. The molecule has 2 N–H and O–H groups in total. The van der Waals surface area contributed by atoms with E-state index in [1.165, 1.54) is 0 Å². The highest BCUT2D eigenvalue weighted by Crippen LogP contribution is 2.21. The van der Waals surface area contributed by atoms with E-state index in [2.05, 4.69) is 9.97 Å². The van der Waals surface area contributed by atoms with Crippen LogP contribution in [-0.2, 0) is 0 Å². The molecule has 0 fully saturated rings. The summed E-state index contributed by atoms with van der Waals surface area (Å²) in [5, 5.41) is 4.06. The van der Waals surface area contributed by atoms with Gasteiger partial charge in [0.1, 0.15) is 0 Å². The topological polar surface area (TPSA) is 51.8 Å². The molecule has 1 aromatic carbocycles. The van der Waals surface area contributed by atoms with Crippen molar-refractivity contribution in [2.24, 2.45) is 5.73 Å². The highest BCUT2D eigenvalue weighted by molar-refractivity contribution is 7.08. The zero-order valence-electron chi connectivity index (χ0n) is 9.08. The van der Waals surface area contributed by atoms with E-state index in [9.17, 15) is 0 Å². The molecule has 2 aromatic heterocycles. The lowest BCUT2D eigenvalue weighted by atomic mass is 10.1. The molecule has 0 saturated carbocycles. The molecular weight excluding hydrogens is 230 g/mol. The van der Waals surface area contributed by atoms with Crippen LogP contribution in [0.5, 0.6) is 0 Å². The van der Waals surface area contributed by atoms with Crippen molar-refractivity contribution < 1.29 is 0 Å². The first-order valence-corrected chi connectivity index (χ1v) is 6.28. The van der Waals surface area contributed by atoms with E-state index in [1.54, 1.807) is 17.5 Å². The number of fused-ring (bicyclic) bond motifs is 1. The summed E-state index contributed by atoms with van der Waals surface area (Å²) >= 11 is 1.64. The van der Waals surface area contributed by atoms with Gasteiger partial charge in [-0.15, -0.1) is 0 Å². The Morgan fingerprint density at radius 3 is 2.71 bits per heavy atom. The Hall–Kier alpha value is -1.78. The summed E-state index contributed by atoms with van der Waals surface area (Å²) in [5.41, 5.74) is 9.83. The number of rotatable bonds is 2. The highest BCUT2D eigenvalue weighted by atomic mass is 32.1. The molecule has 0 radical (unpaired) electrons. The molecule has 4 heteroatoms. The molecule has 84 valence electrons. The second-order valence-electron chi connectivity index (χ2n) is 3.82. The molecule has 1 unspecified atom stereocenters. The number of thiophene rings is 1. The van der Waals surface area contributed by atoms with Gasteiger partial charge in [0.2, 0.25) is 0 Å². The van der Waals surface area contributed by atoms with Crippen LogP contribution in [0.4, 0.5) is 0 Å². The molecule has 0 spiro atoms. The van der Waals surface area contributed by atoms with Crippen molar-refractivity contribution in [3.05, 3.63) is 58.5 Å². The van der Waals surface area contributed by atoms with Crippen LogP contribution in [0.1, 0.15) is 17.3 Å². The molecule has 3 rings (SSSR count). The SMILES string of the molecule is NC(c1ccsc1)c1cnc2ccccc2n1. The van der Waals surface area contributed by atoms with Gasteiger partial charge in [-0.05, 0) is 34.5 Å². The zero-order valence-corrected chi connectivity index (χ0v) is 9.89. The molecule has 3 nitrogen and oxygen atoms in total. The van der Waals surface area contributed by atoms with E-state index < -0.39 is 0 Å². The van der Waals surface area contributed by atoms with Crippen molar-refractivity contribution in [1.29, 1.82) is 0 Å². The summed E-state index contributed by atoms with van der Waals surface area (Å²) < 4.78 is 0. The second kappa shape index (κ2) is 4.24. The van der Waals surface area contributed by atoms with Crippen molar-refractivity contribution in [2.45, 2.75) is 6.04 Å². The number of nitrogens with two attached hydrogens (primary N) is 1. The Balaban J connectivity index is 2.06. The molecule has 17 heavy (non-hydrogen) atoms. The third-order valence-electron chi connectivity index (χ3n) is 2.69. The second-order valence-corrected chi connectivity index (χ2v) is 4.60. The maximum atomic E-state index is 6.16. The smallest absolute Gasteiger partial charge is 0.0890 e. The number of nitrogens with zero attached hydrogens (tertiary/aromatic N) is 2. The van der Waals surface area contributed by atoms with Gasteiger partial charge in [0.25, 0.3) is 0 Å². The Labute approximate surface area is 103 Å². The average molecular weight is 241 g/mol. The normalized spacial score (nSPS) is 12.8. The lowest BCUT2D eigenvalue weighted by Crippen LogP contribution is -2.13. The molecule has 0 bridgehead atoms. The molecule has 0 aliphatic rings. The molecular formula is C13H11N3S. The van der Waals surface area contributed by atoms with Crippen molar-refractivity contribution in [2.75, 3.05) is 0 Å². The van der Waals surface area contributed by atoms with Crippen LogP contribution in [0.2, 0.25) is 0 Å². The number of hydrogen-bond acceptors (Lipinski definition) is 4. The van der Waals surface area contributed by atoms with Gasteiger partial charge in [-0.1, -0.05) is 12.1 Å². The predicted octanol–water partition coefficient (Wildman–Crippen LogP) is 2.74. The van der Waals surface area contributed by atoms with Crippen LogP contribution in [0.15, 0.2) is 47.3 Å². The standard InChI is InChI=1S/C13H11N3S/c14-13(9-5-6-17-8-9)12-7-15-10-3-1-2-4-11(10)16-12/h1-8,13H,14H2. The molecule has 0 amide bonds. The van der Waals surface area contributed by atoms with E-state index >= 15 is 0 Å². The molecule has 0 aliphatic heterocycles. The number of aromatic nitrogens is 2. The van der Waals surface area contributed by atoms with E-state index in [-0.39, 0.29) is 6.04 Å². The third kappa shape index (κ3) is 1.92. The number of benzene rings is 1. The van der Waals surface area contributed by atoms with Crippen molar-refractivity contribution in [3.63, 3.8) is 0 Å². The summed E-state index contributed by atoms with van der Waals surface area (Å²) in [5.74, 6) is 0. The van der Waals surface area contributed by atoms with Crippen LogP contribution in [0.3, 0.4) is 0 Å². The lowest BCUT2D eigenvalue weighted by molar-refractivity contribution is 0.832. The fraction of sp³-hybridized carbons (Fsp3) is 0.0769. The predicted molar refractivity (Wildman–Crippen MR) is 69.9 cm³/mol. The maximum absolute atomic E-state index is 6.16. The van der Waals surface area contributed by atoms with Gasteiger partial charge in [0, 0.05) is 0 Å². The van der Waals surface area contributed by atoms with E-state index in [1.807, 2.05) is 41.1 Å². The fourth-order valence-corrected chi connectivity index (χ4v) is 2.44. The van der Waals surface area contributed by atoms with Gasteiger partial charge in [0.05, 0.1) is 29.0 Å². The summed E-state index contributed by atoms with van der Waals surface area (Å²) in [6, 6.07) is 9.63. The van der Waals surface area contributed by atoms with E-state index in [4.69, 9.17) is 5.73 Å². The molecule has 2 heterocycles. The van der Waals surface area contributed by atoms with Gasteiger partial charge in [-0.3, -0.25) is 4.98 Å². The quantitative estimate of drug-likeness (QED) is 0.750. The summed E-state index contributed by atoms with van der Waals surface area (Å²) in [7, 11) is 0. The van der Waals surface area contributed by atoms with Gasteiger partial charge in [-0.2, -0.15) is 11.3 Å². The summed E-state index contributed by atoms with van der Waals surface area (Å²) in [6.07, 6.45) is 1.75. The largest absolute Gasteiger partial charge is 0.319 e. The van der Waals surface area contributed by atoms with E-state index in [0.29, 0.717) is 0 Å². The Kier molecular flexibility index (Phi) is 2.59. The zero-order chi connectivity index (χ0) is 11.7. The van der Waals surface area contributed by atoms with Gasteiger partial charge in [0.15, 0.2) is 0 Å². The van der Waals surface area contributed by atoms with Crippen molar-refractivity contribution >= 4 is 22.4 Å². The Morgan fingerprint density at radius 2 is 1.94 bits per heavy atom. The highest BCUT2D eigenvalue weighted by Gasteiger charge is 2.11. The molecule has 0 aliphatic carbocycles. The van der Waals surface area contributed by atoms with Crippen LogP contribution < -0.4 is 5.73 Å². The van der Waals surface area contributed by atoms with Crippen LogP contribution >= 0.6 is 11.3 Å². The van der Waals surface area contributed by atoms with Gasteiger partial charge < -0.3 is 5.73 Å². The van der Waals surface area contributed by atoms with Gasteiger partial charge >= 0.3 is 0 Å². The molecule has 1 atom stereocenters. The fourth-order valence-electron chi connectivity index (χ4n) is 1.74. The maximum Gasteiger partial charge on any atom is 0.0890 e. The van der Waals surface area contributed by atoms with Crippen LogP contribution in [0.25, 0.3) is 11.0 Å². The van der Waals surface area contributed by atoms with Crippen molar-refractivity contribution in [1.82, 2.24) is 9.97 Å². The van der Waals surface area contributed by atoms with E-state index in [0.717, 1.165) is 22.3 Å².